The second-order valence-electron chi connectivity index (χ2n) is 6.45. The van der Waals surface area contributed by atoms with Crippen molar-refractivity contribution in [1.82, 2.24) is 5.32 Å². The quantitative estimate of drug-likeness (QED) is 0.809. The molecule has 0 radical (unpaired) electrons. The Kier molecular flexibility index (Phi) is 4.61. The third-order valence-corrected chi connectivity index (χ3v) is 4.42. The summed E-state index contributed by atoms with van der Waals surface area (Å²) < 4.78 is 40.7. The lowest BCUT2D eigenvalue weighted by atomic mass is 10.1. The summed E-state index contributed by atoms with van der Waals surface area (Å²) in [4.78, 5) is 26.3. The molecular formula is C19H17F2N3O5. The van der Waals surface area contributed by atoms with E-state index >= 15 is 0 Å². The Hall–Kier alpha value is -3.56. The zero-order valence-corrected chi connectivity index (χ0v) is 15.3. The van der Waals surface area contributed by atoms with E-state index in [-0.39, 0.29) is 36.2 Å². The molecule has 0 bridgehead atoms. The molecule has 0 aromatic heterocycles. The molecule has 2 N–H and O–H groups in total. The Morgan fingerprint density at radius 1 is 1.14 bits per heavy atom. The van der Waals surface area contributed by atoms with Crippen LogP contribution in [0.1, 0.15) is 0 Å². The maximum atomic E-state index is 13.1. The maximum absolute atomic E-state index is 13.1. The maximum Gasteiger partial charge on any atom is 0.586 e. The number of benzene rings is 2. The number of nitrogens with one attached hydrogen (secondary N) is 2. The van der Waals surface area contributed by atoms with Gasteiger partial charge in [0.15, 0.2) is 17.6 Å². The lowest BCUT2D eigenvalue weighted by Crippen LogP contribution is -2.50. The molecule has 29 heavy (non-hydrogen) atoms. The zero-order valence-electron chi connectivity index (χ0n) is 15.3. The highest BCUT2D eigenvalue weighted by Crippen LogP contribution is 2.42. The number of hydrogen-bond acceptors (Lipinski definition) is 6. The summed E-state index contributed by atoms with van der Waals surface area (Å²) in [5.74, 6) is -0.484. The number of fused-ring (bicyclic) bond motifs is 2. The molecule has 0 spiro atoms. The molecule has 0 fully saturated rings. The fraction of sp³-hybridized carbons (Fsp3) is 0.263. The largest absolute Gasteiger partial charge is 0.586 e. The van der Waals surface area contributed by atoms with E-state index in [0.717, 1.165) is 0 Å². The highest BCUT2D eigenvalue weighted by molar-refractivity contribution is 5.95. The molecule has 2 aliphatic heterocycles. The number of alkyl halides is 2. The molecule has 2 aliphatic rings. The van der Waals surface area contributed by atoms with Crippen LogP contribution in [0.2, 0.25) is 0 Å². The molecule has 0 unspecified atom stereocenters. The van der Waals surface area contributed by atoms with Crippen LogP contribution in [0.25, 0.3) is 0 Å². The van der Waals surface area contributed by atoms with Gasteiger partial charge in [-0.1, -0.05) is 12.1 Å². The normalized spacial score (nSPS) is 18.4. The Bertz CT molecular complexity index is 969. The van der Waals surface area contributed by atoms with Gasteiger partial charge in [0.2, 0.25) is 5.91 Å². The summed E-state index contributed by atoms with van der Waals surface area (Å²) in [5, 5.41) is 5.16. The fourth-order valence-corrected chi connectivity index (χ4v) is 3.15. The summed E-state index contributed by atoms with van der Waals surface area (Å²) in [5.41, 5.74) is 0.951. The van der Waals surface area contributed by atoms with Crippen molar-refractivity contribution in [2.75, 3.05) is 30.4 Å². The first-order valence-electron chi connectivity index (χ1n) is 8.76. The molecule has 2 aromatic carbocycles. The lowest BCUT2D eigenvalue weighted by molar-refractivity contribution is -0.286. The number of ether oxygens (including phenoxy) is 3. The van der Waals surface area contributed by atoms with Gasteiger partial charge in [-0.05, 0) is 24.3 Å². The molecule has 10 heteroatoms. The number of rotatable bonds is 4. The summed E-state index contributed by atoms with van der Waals surface area (Å²) in [6.07, 6.45) is -4.49. The van der Waals surface area contributed by atoms with Crippen LogP contribution in [0.3, 0.4) is 0 Å². The van der Waals surface area contributed by atoms with Crippen LogP contribution in [-0.4, -0.2) is 44.4 Å². The first kappa shape index (κ1) is 18.8. The van der Waals surface area contributed by atoms with Gasteiger partial charge in [-0.2, -0.15) is 0 Å². The number of halogens is 2. The molecule has 2 aromatic rings. The van der Waals surface area contributed by atoms with Crippen LogP contribution in [0.4, 0.5) is 20.2 Å². The number of carbonyl (C=O) groups is 2. The molecule has 4 rings (SSSR count). The van der Waals surface area contributed by atoms with E-state index in [1.54, 1.807) is 29.2 Å². The van der Waals surface area contributed by atoms with Crippen LogP contribution in [0.15, 0.2) is 42.5 Å². The predicted octanol–water partition coefficient (Wildman–Crippen LogP) is 1.96. The molecule has 0 saturated heterocycles. The average molecular weight is 405 g/mol. The van der Waals surface area contributed by atoms with Crippen molar-refractivity contribution in [3.63, 3.8) is 0 Å². The number of nitrogens with zero attached hydrogens (tertiary/aromatic N) is 1. The van der Waals surface area contributed by atoms with Gasteiger partial charge in [0.05, 0.1) is 18.8 Å². The topological polar surface area (TPSA) is 89.1 Å². The van der Waals surface area contributed by atoms with E-state index in [1.807, 2.05) is 0 Å². The number of carbonyl (C=O) groups excluding carboxylic acids is 2. The minimum Gasteiger partial charge on any atom is -0.477 e. The third kappa shape index (κ3) is 3.86. The third-order valence-electron chi connectivity index (χ3n) is 4.42. The van der Waals surface area contributed by atoms with Gasteiger partial charge < -0.3 is 29.7 Å². The average Bonchev–Trinajstić information content (AvgIpc) is 3.00. The van der Waals surface area contributed by atoms with Gasteiger partial charge in [0, 0.05) is 18.8 Å². The first-order valence-corrected chi connectivity index (χ1v) is 8.76. The van der Waals surface area contributed by atoms with Gasteiger partial charge in [-0.3, -0.25) is 9.59 Å². The molecule has 0 aliphatic carbocycles. The van der Waals surface area contributed by atoms with Crippen molar-refractivity contribution in [3.05, 3.63) is 42.5 Å². The molecule has 0 saturated carbocycles. The highest BCUT2D eigenvalue weighted by Gasteiger charge is 2.43. The van der Waals surface area contributed by atoms with Crippen molar-refractivity contribution >= 4 is 23.2 Å². The van der Waals surface area contributed by atoms with E-state index < -0.39 is 18.3 Å². The second-order valence-corrected chi connectivity index (χ2v) is 6.45. The van der Waals surface area contributed by atoms with Gasteiger partial charge in [-0.25, -0.2) is 0 Å². The summed E-state index contributed by atoms with van der Waals surface area (Å²) in [6, 6.07) is 11.0. The molecule has 2 heterocycles. The van der Waals surface area contributed by atoms with E-state index in [9.17, 15) is 18.4 Å². The molecular weight excluding hydrogens is 388 g/mol. The Morgan fingerprint density at radius 2 is 1.90 bits per heavy atom. The fourth-order valence-electron chi connectivity index (χ4n) is 3.15. The number of amides is 2. The van der Waals surface area contributed by atoms with Gasteiger partial charge >= 0.3 is 6.29 Å². The van der Waals surface area contributed by atoms with E-state index in [1.165, 1.54) is 25.2 Å². The summed E-state index contributed by atoms with van der Waals surface area (Å²) in [6.45, 7) is 0.107. The standard InChI is InChI=1S/C19H17F2N3O5/c1-22-18(26)16-9-24(12-4-2-3-5-13(12)27-16)10-17(25)23-11-6-7-14-15(8-11)29-19(20,21)28-14/h2-8,16H,9-10H2,1H3,(H,22,26)(H,23,25)/t16-/m1/s1. The van der Waals surface area contributed by atoms with E-state index in [2.05, 4.69) is 20.1 Å². The molecule has 8 nitrogen and oxygen atoms in total. The van der Waals surface area contributed by atoms with Crippen molar-refractivity contribution in [3.8, 4) is 17.2 Å². The van der Waals surface area contributed by atoms with Crippen molar-refractivity contribution in [2.24, 2.45) is 0 Å². The Balaban J connectivity index is 1.47. The second kappa shape index (κ2) is 7.12. The van der Waals surface area contributed by atoms with Crippen LogP contribution in [-0.2, 0) is 9.59 Å². The molecule has 1 atom stereocenters. The van der Waals surface area contributed by atoms with Crippen molar-refractivity contribution < 1.29 is 32.6 Å². The SMILES string of the molecule is CNC(=O)[C@H]1CN(CC(=O)Nc2ccc3c(c2)OC(F)(F)O3)c2ccccc2O1. The molecule has 2 amide bonds. The van der Waals surface area contributed by atoms with E-state index in [0.29, 0.717) is 11.4 Å². The van der Waals surface area contributed by atoms with Crippen LogP contribution in [0, 0.1) is 0 Å². The number of likely N-dealkylation sites (N-methyl/N-ethyl adjacent to an activating group) is 1. The van der Waals surface area contributed by atoms with Crippen LogP contribution in [0.5, 0.6) is 17.2 Å². The minimum absolute atomic E-state index is 0.0710. The lowest BCUT2D eigenvalue weighted by Gasteiger charge is -2.34. The number of anilines is 2. The Labute approximate surface area is 164 Å². The van der Waals surface area contributed by atoms with E-state index in [4.69, 9.17) is 4.74 Å². The van der Waals surface area contributed by atoms with Crippen LogP contribution >= 0.6 is 0 Å². The highest BCUT2D eigenvalue weighted by atomic mass is 19.3. The zero-order chi connectivity index (χ0) is 20.6. The first-order chi connectivity index (χ1) is 13.8. The Morgan fingerprint density at radius 3 is 2.69 bits per heavy atom. The van der Waals surface area contributed by atoms with Crippen molar-refractivity contribution in [1.29, 1.82) is 0 Å². The predicted molar refractivity (Wildman–Crippen MR) is 98.4 cm³/mol. The minimum atomic E-state index is -3.72. The van der Waals surface area contributed by atoms with Gasteiger partial charge in [0.25, 0.3) is 5.91 Å². The monoisotopic (exact) mass is 405 g/mol. The number of para-hydroxylation sites is 2. The van der Waals surface area contributed by atoms with Gasteiger partial charge in [-0.15, -0.1) is 8.78 Å². The summed E-state index contributed by atoms with van der Waals surface area (Å²) in [7, 11) is 1.51. The smallest absolute Gasteiger partial charge is 0.477 e. The summed E-state index contributed by atoms with van der Waals surface area (Å²) >= 11 is 0. The number of hydrogen-bond donors (Lipinski definition) is 2. The van der Waals surface area contributed by atoms with Crippen molar-refractivity contribution in [2.45, 2.75) is 12.4 Å². The van der Waals surface area contributed by atoms with Crippen LogP contribution < -0.4 is 29.7 Å². The van der Waals surface area contributed by atoms with Gasteiger partial charge in [0.1, 0.15) is 5.75 Å². The molecule has 152 valence electrons.